The maximum absolute atomic E-state index is 11.5. The average Bonchev–Trinajstić information content (AvgIpc) is 3.27. The summed E-state index contributed by atoms with van der Waals surface area (Å²) in [4.78, 5) is 0.101. The Morgan fingerprint density at radius 2 is 1.67 bits per heavy atom. The van der Waals surface area contributed by atoms with E-state index in [9.17, 15) is 8.42 Å². The second kappa shape index (κ2) is 9.58. The lowest BCUT2D eigenvalue weighted by atomic mass is 10.1. The highest BCUT2D eigenvalue weighted by atomic mass is 32.2. The van der Waals surface area contributed by atoms with E-state index < -0.39 is 10.0 Å². The van der Waals surface area contributed by atoms with Crippen molar-refractivity contribution in [2.45, 2.75) is 24.4 Å². The molecule has 170 valence electrons. The molecular weight excluding hydrogens is 436 g/mol. The number of benzene rings is 3. The van der Waals surface area contributed by atoms with Crippen molar-refractivity contribution < 1.29 is 13.2 Å². The van der Waals surface area contributed by atoms with Gasteiger partial charge in [-0.3, -0.25) is 0 Å². The van der Waals surface area contributed by atoms with Gasteiger partial charge in [-0.25, -0.2) is 18.2 Å². The van der Waals surface area contributed by atoms with Crippen molar-refractivity contribution >= 4 is 10.0 Å². The van der Waals surface area contributed by atoms with Crippen LogP contribution in [0.5, 0.6) is 5.75 Å². The quantitative estimate of drug-likeness (QED) is 0.412. The summed E-state index contributed by atoms with van der Waals surface area (Å²) in [6.07, 6.45) is 2.03. The highest BCUT2D eigenvalue weighted by Gasteiger charge is 2.15. The number of sulfonamides is 1. The first kappa shape index (κ1) is 22.7. The molecule has 0 amide bonds. The van der Waals surface area contributed by atoms with Gasteiger partial charge in [0.25, 0.3) is 0 Å². The number of methoxy groups -OCH3 is 1. The van der Waals surface area contributed by atoms with E-state index in [2.05, 4.69) is 5.32 Å². The number of nitrogens with one attached hydrogen (secondary N) is 1. The van der Waals surface area contributed by atoms with Gasteiger partial charge in [0.1, 0.15) is 5.75 Å². The second-order valence-corrected chi connectivity index (χ2v) is 9.29. The standard InChI is InChI=1S/C25H26N4O3S/c1-18(19-10-14-24(15-11-19)33(26,30)31)27-16-21-17-29(22-6-4-3-5-7-22)28-25(21)20-8-12-23(32-2)13-9-20/h3-15,17-18,27H,16H2,1-2H3,(H2,26,30,31)/t18-/m1/s1. The third-order valence-electron chi connectivity index (χ3n) is 5.48. The molecule has 8 heteroatoms. The molecule has 0 unspecified atom stereocenters. The zero-order valence-corrected chi connectivity index (χ0v) is 19.3. The van der Waals surface area contributed by atoms with Crippen LogP contribution in [0.3, 0.4) is 0 Å². The monoisotopic (exact) mass is 462 g/mol. The van der Waals surface area contributed by atoms with E-state index in [1.807, 2.05) is 72.4 Å². The van der Waals surface area contributed by atoms with Crippen LogP contribution >= 0.6 is 0 Å². The van der Waals surface area contributed by atoms with Crippen molar-refractivity contribution in [2.75, 3.05) is 7.11 Å². The number of aromatic nitrogens is 2. The Morgan fingerprint density at radius 1 is 1.00 bits per heavy atom. The molecule has 0 radical (unpaired) electrons. The van der Waals surface area contributed by atoms with Gasteiger partial charge in [0.05, 0.1) is 23.4 Å². The predicted molar refractivity (Wildman–Crippen MR) is 129 cm³/mol. The molecule has 1 heterocycles. The maximum Gasteiger partial charge on any atom is 0.238 e. The lowest BCUT2D eigenvalue weighted by Gasteiger charge is -2.15. The molecule has 33 heavy (non-hydrogen) atoms. The van der Waals surface area contributed by atoms with Crippen LogP contribution in [0, 0.1) is 0 Å². The molecule has 3 N–H and O–H groups in total. The van der Waals surface area contributed by atoms with Crippen LogP contribution in [0.4, 0.5) is 0 Å². The summed E-state index contributed by atoms with van der Waals surface area (Å²) in [7, 11) is -2.06. The fraction of sp³-hybridized carbons (Fsp3) is 0.160. The van der Waals surface area contributed by atoms with Crippen molar-refractivity contribution in [3.63, 3.8) is 0 Å². The first-order valence-electron chi connectivity index (χ1n) is 10.5. The Hall–Kier alpha value is -3.46. The largest absolute Gasteiger partial charge is 0.497 e. The van der Waals surface area contributed by atoms with E-state index in [1.165, 1.54) is 12.1 Å². The summed E-state index contributed by atoms with van der Waals surface area (Å²) in [6.45, 7) is 2.60. The number of nitrogens with zero attached hydrogens (tertiary/aromatic N) is 2. The van der Waals surface area contributed by atoms with Gasteiger partial charge in [-0.2, -0.15) is 5.10 Å². The number of nitrogens with two attached hydrogens (primary N) is 1. The highest BCUT2D eigenvalue weighted by molar-refractivity contribution is 7.89. The minimum atomic E-state index is -3.71. The van der Waals surface area contributed by atoms with Crippen LogP contribution in [0.25, 0.3) is 16.9 Å². The van der Waals surface area contributed by atoms with Gasteiger partial charge < -0.3 is 10.1 Å². The molecule has 4 aromatic rings. The molecule has 7 nitrogen and oxygen atoms in total. The third-order valence-corrected chi connectivity index (χ3v) is 6.41. The molecular formula is C25H26N4O3S. The fourth-order valence-corrected chi connectivity index (χ4v) is 4.09. The molecule has 0 saturated heterocycles. The predicted octanol–water partition coefficient (Wildman–Crippen LogP) is 4.05. The van der Waals surface area contributed by atoms with Crippen LogP contribution in [-0.4, -0.2) is 25.3 Å². The topological polar surface area (TPSA) is 99.2 Å². The summed E-state index contributed by atoms with van der Waals surface area (Å²) in [5.41, 5.74) is 4.85. The van der Waals surface area contributed by atoms with Gasteiger partial charge in [0, 0.05) is 29.9 Å². The van der Waals surface area contributed by atoms with Crippen LogP contribution in [-0.2, 0) is 16.6 Å². The summed E-state index contributed by atoms with van der Waals surface area (Å²) in [6, 6.07) is 24.4. The van der Waals surface area contributed by atoms with Gasteiger partial charge in [-0.05, 0) is 61.0 Å². The van der Waals surface area contributed by atoms with Crippen molar-refractivity contribution in [2.24, 2.45) is 5.14 Å². The number of para-hydroxylation sites is 1. The maximum atomic E-state index is 11.5. The molecule has 0 aliphatic heterocycles. The zero-order valence-electron chi connectivity index (χ0n) is 18.5. The normalized spacial score (nSPS) is 12.5. The van der Waals surface area contributed by atoms with Gasteiger partial charge in [0.15, 0.2) is 0 Å². The van der Waals surface area contributed by atoms with E-state index >= 15 is 0 Å². The average molecular weight is 463 g/mol. The van der Waals surface area contributed by atoms with Crippen LogP contribution in [0.15, 0.2) is 90.0 Å². The molecule has 0 saturated carbocycles. The molecule has 0 fully saturated rings. The second-order valence-electron chi connectivity index (χ2n) is 7.73. The summed E-state index contributed by atoms with van der Waals surface area (Å²) < 4.78 is 30.2. The molecule has 0 aliphatic rings. The molecule has 1 aromatic heterocycles. The SMILES string of the molecule is COc1ccc(-c2nn(-c3ccccc3)cc2CN[C@H](C)c2ccc(S(N)(=O)=O)cc2)cc1. The molecule has 1 atom stereocenters. The van der Waals surface area contributed by atoms with Gasteiger partial charge in [0.2, 0.25) is 10.0 Å². The summed E-state index contributed by atoms with van der Waals surface area (Å²) in [5.74, 6) is 0.789. The summed E-state index contributed by atoms with van der Waals surface area (Å²) >= 11 is 0. The molecule has 4 rings (SSSR count). The Balaban J connectivity index is 1.59. The van der Waals surface area contributed by atoms with Crippen molar-refractivity contribution in [3.05, 3.63) is 96.2 Å². The minimum absolute atomic E-state index is 0.0108. The Labute approximate surface area is 193 Å². The molecule has 0 aliphatic carbocycles. The Kier molecular flexibility index (Phi) is 6.60. The number of primary sulfonamides is 1. The van der Waals surface area contributed by atoms with Gasteiger partial charge in [-0.15, -0.1) is 0 Å². The van der Waals surface area contributed by atoms with Crippen molar-refractivity contribution in [1.82, 2.24) is 15.1 Å². The Morgan fingerprint density at radius 3 is 2.27 bits per heavy atom. The first-order chi connectivity index (χ1) is 15.8. The molecule has 3 aromatic carbocycles. The van der Waals surface area contributed by atoms with Crippen LogP contribution in [0.1, 0.15) is 24.1 Å². The van der Waals surface area contributed by atoms with Gasteiger partial charge in [-0.1, -0.05) is 30.3 Å². The van der Waals surface area contributed by atoms with E-state index in [4.69, 9.17) is 15.0 Å². The van der Waals surface area contributed by atoms with Crippen LogP contribution < -0.4 is 15.2 Å². The number of rotatable bonds is 8. The Bertz CT molecular complexity index is 1320. The summed E-state index contributed by atoms with van der Waals surface area (Å²) in [5, 5.41) is 13.6. The zero-order chi connectivity index (χ0) is 23.4. The molecule has 0 spiro atoms. The van der Waals surface area contributed by atoms with E-state index in [0.717, 1.165) is 33.8 Å². The smallest absolute Gasteiger partial charge is 0.238 e. The van der Waals surface area contributed by atoms with Gasteiger partial charge >= 0.3 is 0 Å². The lowest BCUT2D eigenvalue weighted by Crippen LogP contribution is -2.18. The number of hydrogen-bond donors (Lipinski definition) is 2. The lowest BCUT2D eigenvalue weighted by molar-refractivity contribution is 0.415. The van der Waals surface area contributed by atoms with Crippen LogP contribution in [0.2, 0.25) is 0 Å². The van der Waals surface area contributed by atoms with Crippen molar-refractivity contribution in [3.8, 4) is 22.7 Å². The number of ether oxygens (including phenoxy) is 1. The third kappa shape index (κ3) is 5.31. The highest BCUT2D eigenvalue weighted by Crippen LogP contribution is 2.26. The molecule has 0 bridgehead atoms. The number of hydrogen-bond acceptors (Lipinski definition) is 5. The van der Waals surface area contributed by atoms with E-state index in [-0.39, 0.29) is 10.9 Å². The minimum Gasteiger partial charge on any atom is -0.497 e. The fourth-order valence-electron chi connectivity index (χ4n) is 3.57. The van der Waals surface area contributed by atoms with E-state index in [0.29, 0.717) is 6.54 Å². The van der Waals surface area contributed by atoms with Crippen molar-refractivity contribution in [1.29, 1.82) is 0 Å². The first-order valence-corrected chi connectivity index (χ1v) is 12.0. The van der Waals surface area contributed by atoms with E-state index in [1.54, 1.807) is 19.2 Å².